The number of rotatable bonds is 15. The Hall–Kier alpha value is -1.77. The average molecular weight is 411 g/mol. The Balaban J connectivity index is 1.25. The van der Waals surface area contributed by atoms with E-state index in [-0.39, 0.29) is 0 Å². The molecule has 30 heavy (non-hydrogen) atoms. The van der Waals surface area contributed by atoms with Crippen molar-refractivity contribution in [2.24, 2.45) is 0 Å². The maximum atomic E-state index is 2.49. The smallest absolute Gasteiger partial charge is 0.248 e. The quantitative estimate of drug-likeness (QED) is 0.226. The zero-order valence-electron chi connectivity index (χ0n) is 19.4. The second kappa shape index (κ2) is 13.5. The van der Waals surface area contributed by atoms with Crippen molar-refractivity contribution in [3.05, 3.63) is 43.0 Å². The molecule has 1 aliphatic heterocycles. The van der Waals surface area contributed by atoms with E-state index in [0.717, 1.165) is 6.54 Å². The molecule has 0 amide bonds. The number of hydrogen-bond acceptors (Lipinski definition) is 1. The highest BCUT2D eigenvalue weighted by atomic mass is 15.1. The number of benzene rings is 1. The molecule has 3 nitrogen and oxygen atoms in total. The summed E-state index contributed by atoms with van der Waals surface area (Å²) in [7, 11) is 0. The molecular weight excluding hydrogens is 366 g/mol. The Morgan fingerprint density at radius 3 is 1.83 bits per heavy atom. The minimum Gasteiger partial charge on any atom is -0.372 e. The Morgan fingerprint density at radius 2 is 1.23 bits per heavy atom. The molecule has 1 saturated heterocycles. The zero-order chi connectivity index (χ0) is 20.9. The topological polar surface area (TPSA) is 12.0 Å². The first kappa shape index (κ1) is 22.9. The predicted molar refractivity (Wildman–Crippen MR) is 128 cm³/mol. The van der Waals surface area contributed by atoms with Crippen LogP contribution in [0.4, 0.5) is 5.69 Å². The van der Waals surface area contributed by atoms with Crippen LogP contribution in [0, 0.1) is 0 Å². The SMILES string of the molecule is CCCCCCCCCCCCCC[n+]1ccn(-c2ccc(N3CCCC3)cc2)c1. The Morgan fingerprint density at radius 1 is 0.700 bits per heavy atom. The van der Waals surface area contributed by atoms with E-state index in [2.05, 4.69) is 63.9 Å². The molecule has 0 atom stereocenters. The van der Waals surface area contributed by atoms with Gasteiger partial charge in [-0.15, -0.1) is 0 Å². The summed E-state index contributed by atoms with van der Waals surface area (Å²) in [5, 5.41) is 0. The van der Waals surface area contributed by atoms with Crippen LogP contribution in [0.3, 0.4) is 0 Å². The van der Waals surface area contributed by atoms with E-state index in [1.807, 2.05) is 0 Å². The fourth-order valence-corrected chi connectivity index (χ4v) is 4.63. The lowest BCUT2D eigenvalue weighted by atomic mass is 10.1. The van der Waals surface area contributed by atoms with Gasteiger partial charge in [0, 0.05) is 18.8 Å². The van der Waals surface area contributed by atoms with E-state index in [0.29, 0.717) is 0 Å². The van der Waals surface area contributed by atoms with Crippen molar-refractivity contribution in [2.75, 3.05) is 18.0 Å². The number of anilines is 1. The largest absolute Gasteiger partial charge is 0.372 e. The van der Waals surface area contributed by atoms with Gasteiger partial charge in [0.25, 0.3) is 0 Å². The van der Waals surface area contributed by atoms with Gasteiger partial charge in [-0.05, 0) is 49.9 Å². The van der Waals surface area contributed by atoms with Crippen LogP contribution in [0.25, 0.3) is 5.69 Å². The Kier molecular flexibility index (Phi) is 10.3. The minimum atomic E-state index is 1.14. The highest BCUT2D eigenvalue weighted by Gasteiger charge is 2.13. The van der Waals surface area contributed by atoms with Gasteiger partial charge in [-0.25, -0.2) is 9.13 Å². The number of hydrogen-bond donors (Lipinski definition) is 0. The Labute approximate surface area is 185 Å². The lowest BCUT2D eigenvalue weighted by Gasteiger charge is -2.17. The minimum absolute atomic E-state index is 1.14. The molecule has 0 unspecified atom stereocenters. The van der Waals surface area contributed by atoms with Crippen LogP contribution in [-0.2, 0) is 6.54 Å². The van der Waals surface area contributed by atoms with Crippen LogP contribution in [-0.4, -0.2) is 17.7 Å². The van der Waals surface area contributed by atoms with Crippen LogP contribution in [0.1, 0.15) is 96.8 Å². The highest BCUT2D eigenvalue weighted by molar-refractivity contribution is 5.51. The third-order valence-corrected chi connectivity index (χ3v) is 6.58. The molecule has 3 rings (SSSR count). The third-order valence-electron chi connectivity index (χ3n) is 6.58. The van der Waals surface area contributed by atoms with Crippen molar-refractivity contribution in [1.82, 2.24) is 4.57 Å². The van der Waals surface area contributed by atoms with Gasteiger partial charge in [-0.2, -0.15) is 0 Å². The first-order valence-corrected chi connectivity index (χ1v) is 12.8. The first-order chi connectivity index (χ1) is 14.9. The summed E-state index contributed by atoms with van der Waals surface area (Å²) in [5.74, 6) is 0. The number of imidazole rings is 1. The lowest BCUT2D eigenvalue weighted by molar-refractivity contribution is -0.696. The van der Waals surface area contributed by atoms with Gasteiger partial charge in [0.05, 0.1) is 6.54 Å². The van der Waals surface area contributed by atoms with Gasteiger partial charge in [0.2, 0.25) is 6.33 Å². The molecule has 1 aromatic heterocycles. The van der Waals surface area contributed by atoms with Gasteiger partial charge < -0.3 is 4.90 Å². The fraction of sp³-hybridized carbons (Fsp3) is 0.667. The molecule has 0 radical (unpaired) electrons. The maximum absolute atomic E-state index is 2.49. The number of aryl methyl sites for hydroxylation is 1. The van der Waals surface area contributed by atoms with Crippen LogP contribution in [0.2, 0.25) is 0 Å². The lowest BCUT2D eigenvalue weighted by Crippen LogP contribution is -2.30. The maximum Gasteiger partial charge on any atom is 0.248 e. The van der Waals surface area contributed by atoms with Gasteiger partial charge in [0.15, 0.2) is 0 Å². The van der Waals surface area contributed by atoms with Crippen molar-refractivity contribution >= 4 is 5.69 Å². The fourth-order valence-electron chi connectivity index (χ4n) is 4.63. The van der Waals surface area contributed by atoms with Crippen molar-refractivity contribution in [2.45, 2.75) is 103 Å². The predicted octanol–water partition coefficient (Wildman–Crippen LogP) is 7.07. The standard InChI is InChI=1S/C27H44N3/c1-2-3-4-5-6-7-8-9-10-11-12-13-20-28-23-24-30(25-28)27-18-16-26(17-19-27)29-21-14-15-22-29/h16-19,23-25H,2-15,20-22H2,1H3/q+1. The zero-order valence-corrected chi connectivity index (χ0v) is 19.4. The molecule has 0 aliphatic carbocycles. The van der Waals surface area contributed by atoms with Crippen LogP contribution >= 0.6 is 0 Å². The highest BCUT2D eigenvalue weighted by Crippen LogP contribution is 2.21. The summed E-state index contributed by atoms with van der Waals surface area (Å²) in [4.78, 5) is 2.49. The molecule has 1 aromatic carbocycles. The number of unbranched alkanes of at least 4 members (excludes halogenated alkanes) is 11. The van der Waals surface area contributed by atoms with E-state index in [9.17, 15) is 0 Å². The van der Waals surface area contributed by atoms with Crippen molar-refractivity contribution in [3.63, 3.8) is 0 Å². The summed E-state index contributed by atoms with van der Waals surface area (Å²) < 4.78 is 4.58. The van der Waals surface area contributed by atoms with E-state index in [1.165, 1.54) is 114 Å². The molecule has 166 valence electrons. The summed E-state index contributed by atoms with van der Waals surface area (Å²) in [5.41, 5.74) is 2.62. The number of aromatic nitrogens is 2. The molecule has 3 heteroatoms. The van der Waals surface area contributed by atoms with E-state index in [1.54, 1.807) is 0 Å². The molecule has 0 spiro atoms. The van der Waals surface area contributed by atoms with Crippen molar-refractivity contribution in [1.29, 1.82) is 0 Å². The average Bonchev–Trinajstić information content (AvgIpc) is 3.47. The van der Waals surface area contributed by atoms with E-state index < -0.39 is 0 Å². The van der Waals surface area contributed by atoms with Gasteiger partial charge in [-0.3, -0.25) is 0 Å². The van der Waals surface area contributed by atoms with Gasteiger partial charge in [-0.1, -0.05) is 71.1 Å². The Bertz CT molecular complexity index is 682. The number of nitrogens with zero attached hydrogens (tertiary/aromatic N) is 3. The molecule has 1 fully saturated rings. The monoisotopic (exact) mass is 410 g/mol. The molecular formula is C27H44N3+. The normalized spacial score (nSPS) is 14.0. The van der Waals surface area contributed by atoms with Crippen LogP contribution in [0.5, 0.6) is 0 Å². The van der Waals surface area contributed by atoms with Crippen molar-refractivity contribution < 1.29 is 4.57 Å². The molecule has 0 saturated carbocycles. The van der Waals surface area contributed by atoms with Crippen LogP contribution < -0.4 is 9.47 Å². The van der Waals surface area contributed by atoms with Gasteiger partial charge in [0.1, 0.15) is 18.1 Å². The third kappa shape index (κ3) is 7.81. The van der Waals surface area contributed by atoms with E-state index in [4.69, 9.17) is 0 Å². The van der Waals surface area contributed by atoms with Gasteiger partial charge >= 0.3 is 0 Å². The van der Waals surface area contributed by atoms with E-state index >= 15 is 0 Å². The molecule has 0 bridgehead atoms. The molecule has 2 heterocycles. The second-order valence-corrected chi connectivity index (χ2v) is 9.16. The second-order valence-electron chi connectivity index (χ2n) is 9.16. The summed E-state index contributed by atoms with van der Waals surface area (Å²) in [6.07, 6.45) is 26.2. The van der Waals surface area contributed by atoms with Crippen LogP contribution in [0.15, 0.2) is 43.0 Å². The summed E-state index contributed by atoms with van der Waals surface area (Å²) in [6, 6.07) is 9.05. The molecule has 2 aromatic rings. The summed E-state index contributed by atoms with van der Waals surface area (Å²) >= 11 is 0. The molecule has 1 aliphatic rings. The van der Waals surface area contributed by atoms with Crippen molar-refractivity contribution in [3.8, 4) is 5.69 Å². The summed E-state index contributed by atoms with van der Waals surface area (Å²) in [6.45, 7) is 5.85. The first-order valence-electron chi connectivity index (χ1n) is 12.8. The molecule has 0 N–H and O–H groups in total.